The Morgan fingerprint density at radius 1 is 1.12 bits per heavy atom. The van der Waals surface area contributed by atoms with E-state index in [0.29, 0.717) is 13.0 Å². The van der Waals surface area contributed by atoms with Gasteiger partial charge < -0.3 is 9.64 Å². The van der Waals surface area contributed by atoms with Crippen LogP contribution in [0.4, 0.5) is 5.69 Å². The van der Waals surface area contributed by atoms with Gasteiger partial charge in [-0.15, -0.1) is 0 Å². The minimum Gasteiger partial charge on any atom is -0.468 e. The number of ether oxygens (including phenoxy) is 1. The Hall–Kier alpha value is -2.62. The van der Waals surface area contributed by atoms with Crippen LogP contribution < -0.4 is 4.90 Å². The number of hydrogen-bond acceptors (Lipinski definition) is 3. The average Bonchev–Trinajstić information content (AvgIpc) is 2.71. The highest BCUT2D eigenvalue weighted by Crippen LogP contribution is 2.55. The second kappa shape index (κ2) is 6.60. The third-order valence-corrected chi connectivity index (χ3v) is 5.87. The van der Waals surface area contributed by atoms with E-state index in [0.717, 1.165) is 36.1 Å². The minimum atomic E-state index is -1.09. The first kappa shape index (κ1) is 16.8. The third-order valence-electron chi connectivity index (χ3n) is 5.87. The lowest BCUT2D eigenvalue weighted by Gasteiger charge is -2.48. The van der Waals surface area contributed by atoms with Gasteiger partial charge >= 0.3 is 5.97 Å². The monoisotopic (exact) mass is 349 g/mol. The number of hydrogen-bond donors (Lipinski definition) is 0. The van der Waals surface area contributed by atoms with Gasteiger partial charge in [-0.05, 0) is 30.0 Å². The summed E-state index contributed by atoms with van der Waals surface area (Å²) in [5.74, 6) is -0.601. The highest BCUT2D eigenvalue weighted by atomic mass is 16.5. The molecule has 1 fully saturated rings. The SMILES string of the molecule is COC(=O)[C@]12CCCC[C@@H]1c1ccccc1N(Cc1ccccc1)C2=O. The molecule has 0 radical (unpaired) electrons. The number of fused-ring (bicyclic) bond motifs is 3. The molecule has 1 amide bonds. The largest absolute Gasteiger partial charge is 0.468 e. The van der Waals surface area contributed by atoms with Crippen molar-refractivity contribution in [3.05, 3.63) is 65.7 Å². The molecule has 2 aromatic rings. The number of anilines is 1. The van der Waals surface area contributed by atoms with E-state index in [2.05, 4.69) is 6.07 Å². The Bertz CT molecular complexity index is 832. The van der Waals surface area contributed by atoms with E-state index in [9.17, 15) is 9.59 Å². The van der Waals surface area contributed by atoms with Crippen LogP contribution in [0.15, 0.2) is 54.6 Å². The predicted octanol–water partition coefficient (Wildman–Crippen LogP) is 4.05. The van der Waals surface area contributed by atoms with Gasteiger partial charge in [0.15, 0.2) is 5.41 Å². The summed E-state index contributed by atoms with van der Waals surface area (Å²) in [4.78, 5) is 28.3. The second-order valence-electron chi connectivity index (χ2n) is 7.20. The maximum atomic E-state index is 13.7. The maximum Gasteiger partial charge on any atom is 0.322 e. The summed E-state index contributed by atoms with van der Waals surface area (Å²) in [6.45, 7) is 0.460. The average molecular weight is 349 g/mol. The predicted molar refractivity (Wildman–Crippen MR) is 99.7 cm³/mol. The number of carbonyl (C=O) groups excluding carboxylic acids is 2. The number of rotatable bonds is 3. The van der Waals surface area contributed by atoms with Gasteiger partial charge in [-0.25, -0.2) is 0 Å². The molecule has 1 heterocycles. The molecule has 2 aromatic carbocycles. The van der Waals surface area contributed by atoms with Crippen LogP contribution in [0.3, 0.4) is 0 Å². The molecule has 2 atom stereocenters. The molecule has 0 spiro atoms. The molecule has 0 N–H and O–H groups in total. The molecule has 134 valence electrons. The topological polar surface area (TPSA) is 46.6 Å². The Labute approximate surface area is 153 Å². The van der Waals surface area contributed by atoms with Crippen molar-refractivity contribution in [1.29, 1.82) is 0 Å². The summed E-state index contributed by atoms with van der Waals surface area (Å²) < 4.78 is 5.15. The lowest BCUT2D eigenvalue weighted by Crippen LogP contribution is -2.56. The van der Waals surface area contributed by atoms with Crippen molar-refractivity contribution < 1.29 is 14.3 Å². The molecular formula is C22H23NO3. The molecule has 4 heteroatoms. The van der Waals surface area contributed by atoms with Crippen LogP contribution >= 0.6 is 0 Å². The van der Waals surface area contributed by atoms with Crippen LogP contribution in [0.2, 0.25) is 0 Å². The van der Waals surface area contributed by atoms with E-state index in [-0.39, 0.29) is 17.8 Å². The Balaban J connectivity index is 1.86. The fraction of sp³-hybridized carbons (Fsp3) is 0.364. The number of carbonyl (C=O) groups is 2. The lowest BCUT2D eigenvalue weighted by molar-refractivity contribution is -0.162. The number of methoxy groups -OCH3 is 1. The zero-order chi connectivity index (χ0) is 18.1. The molecule has 1 aliphatic heterocycles. The van der Waals surface area contributed by atoms with Gasteiger partial charge in [-0.1, -0.05) is 61.4 Å². The first-order chi connectivity index (χ1) is 12.7. The van der Waals surface area contributed by atoms with Crippen LogP contribution in [-0.4, -0.2) is 19.0 Å². The van der Waals surface area contributed by atoms with Crippen LogP contribution in [0.1, 0.15) is 42.7 Å². The summed E-state index contributed by atoms with van der Waals surface area (Å²) >= 11 is 0. The minimum absolute atomic E-state index is 0.0978. The summed E-state index contributed by atoms with van der Waals surface area (Å²) in [5.41, 5.74) is 1.97. The Morgan fingerprint density at radius 3 is 2.62 bits per heavy atom. The van der Waals surface area contributed by atoms with Gasteiger partial charge in [0.2, 0.25) is 5.91 Å². The molecule has 1 aliphatic carbocycles. The number of amides is 1. The van der Waals surface area contributed by atoms with Crippen molar-refractivity contribution in [2.75, 3.05) is 12.0 Å². The van der Waals surface area contributed by atoms with Gasteiger partial charge in [0.05, 0.1) is 13.7 Å². The highest BCUT2D eigenvalue weighted by molar-refractivity contribution is 6.13. The molecule has 0 bridgehead atoms. The quantitative estimate of drug-likeness (QED) is 0.620. The summed E-state index contributed by atoms with van der Waals surface area (Å²) in [6.07, 6.45) is 3.31. The summed E-state index contributed by atoms with van der Waals surface area (Å²) in [5, 5.41) is 0. The van der Waals surface area contributed by atoms with Crippen molar-refractivity contribution in [2.45, 2.75) is 38.1 Å². The Morgan fingerprint density at radius 2 is 1.85 bits per heavy atom. The molecule has 1 saturated carbocycles. The zero-order valence-electron chi connectivity index (χ0n) is 15.0. The standard InChI is InChI=1S/C22H23NO3/c1-26-21(25)22-14-8-7-12-18(22)17-11-5-6-13-19(17)23(20(22)24)15-16-9-3-2-4-10-16/h2-6,9-11,13,18H,7-8,12,14-15H2,1H3/t18-,22-/m1/s1. The van der Waals surface area contributed by atoms with Crippen LogP contribution in [-0.2, 0) is 20.9 Å². The van der Waals surface area contributed by atoms with Crippen molar-refractivity contribution in [2.24, 2.45) is 5.41 Å². The highest BCUT2D eigenvalue weighted by Gasteiger charge is 2.59. The number of benzene rings is 2. The second-order valence-corrected chi connectivity index (χ2v) is 7.20. The molecule has 0 aromatic heterocycles. The fourth-order valence-electron chi connectivity index (χ4n) is 4.66. The smallest absolute Gasteiger partial charge is 0.322 e. The molecule has 0 saturated heterocycles. The van der Waals surface area contributed by atoms with Crippen LogP contribution in [0.25, 0.3) is 0 Å². The van der Waals surface area contributed by atoms with Crippen molar-refractivity contribution in [1.82, 2.24) is 0 Å². The fourth-order valence-corrected chi connectivity index (χ4v) is 4.66. The molecule has 0 unspecified atom stereocenters. The van der Waals surface area contributed by atoms with Crippen LogP contribution in [0, 0.1) is 5.41 Å². The molecule has 2 aliphatic rings. The summed E-state index contributed by atoms with van der Waals surface area (Å²) in [6, 6.07) is 17.9. The van der Waals surface area contributed by atoms with E-state index >= 15 is 0 Å². The van der Waals surface area contributed by atoms with Crippen molar-refractivity contribution in [3.63, 3.8) is 0 Å². The van der Waals surface area contributed by atoms with Gasteiger partial charge in [0.1, 0.15) is 0 Å². The molecular weight excluding hydrogens is 326 g/mol. The van der Waals surface area contributed by atoms with E-state index in [1.54, 1.807) is 4.90 Å². The zero-order valence-corrected chi connectivity index (χ0v) is 15.0. The first-order valence-corrected chi connectivity index (χ1v) is 9.21. The van der Waals surface area contributed by atoms with Gasteiger partial charge in [0.25, 0.3) is 0 Å². The van der Waals surface area contributed by atoms with Gasteiger partial charge in [-0.3, -0.25) is 9.59 Å². The van der Waals surface area contributed by atoms with E-state index in [1.807, 2.05) is 48.5 Å². The Kier molecular flexibility index (Phi) is 4.27. The molecule has 26 heavy (non-hydrogen) atoms. The van der Waals surface area contributed by atoms with Crippen LogP contribution in [0.5, 0.6) is 0 Å². The molecule has 4 rings (SSSR count). The lowest BCUT2D eigenvalue weighted by atomic mass is 9.60. The first-order valence-electron chi connectivity index (χ1n) is 9.21. The molecule has 4 nitrogen and oxygen atoms in total. The third kappa shape index (κ3) is 2.44. The number of nitrogens with zero attached hydrogens (tertiary/aromatic N) is 1. The van der Waals surface area contributed by atoms with Gasteiger partial charge in [-0.2, -0.15) is 0 Å². The van der Waals surface area contributed by atoms with E-state index < -0.39 is 5.41 Å². The normalized spacial score (nSPS) is 24.6. The van der Waals surface area contributed by atoms with Gasteiger partial charge in [0, 0.05) is 11.6 Å². The van der Waals surface area contributed by atoms with Crippen molar-refractivity contribution >= 4 is 17.6 Å². The van der Waals surface area contributed by atoms with Crippen molar-refractivity contribution in [3.8, 4) is 0 Å². The maximum absolute atomic E-state index is 13.7. The summed E-state index contributed by atoms with van der Waals surface area (Å²) in [7, 11) is 1.39. The number of esters is 1. The number of para-hydroxylation sites is 1. The van der Waals surface area contributed by atoms with E-state index in [4.69, 9.17) is 4.74 Å². The van der Waals surface area contributed by atoms with E-state index in [1.165, 1.54) is 7.11 Å².